The van der Waals surface area contributed by atoms with Gasteiger partial charge >= 0.3 is 0 Å². The number of benzene rings is 6. The molecule has 0 saturated heterocycles. The second-order valence-electron chi connectivity index (χ2n) is 10.7. The van der Waals surface area contributed by atoms with Crippen LogP contribution in [0.15, 0.2) is 156 Å². The first-order valence-corrected chi connectivity index (χ1v) is 15.3. The normalized spacial score (nSPS) is 11.3. The van der Waals surface area contributed by atoms with E-state index in [9.17, 15) is 0 Å². The number of hydrogen-bond donors (Lipinski definition) is 0. The highest BCUT2D eigenvalue weighted by atomic mass is 79.9. The maximum absolute atomic E-state index is 5.14. The van der Waals surface area contributed by atoms with E-state index in [0.717, 1.165) is 54.1 Å². The van der Waals surface area contributed by atoms with Gasteiger partial charge in [0.25, 0.3) is 0 Å². The number of fused-ring (bicyclic) bond motifs is 3. The highest BCUT2D eigenvalue weighted by Gasteiger charge is 2.22. The van der Waals surface area contributed by atoms with Gasteiger partial charge in [0.1, 0.15) is 0 Å². The van der Waals surface area contributed by atoms with Gasteiger partial charge in [-0.15, -0.1) is 0 Å². The molecular formula is C39H25BrN4. The summed E-state index contributed by atoms with van der Waals surface area (Å²) in [5, 5.41) is 2.25. The summed E-state index contributed by atoms with van der Waals surface area (Å²) < 4.78 is 3.22. The third-order valence-corrected chi connectivity index (χ3v) is 8.40. The molecule has 0 spiro atoms. The molecule has 44 heavy (non-hydrogen) atoms. The Labute approximate surface area is 263 Å². The minimum atomic E-state index is 0.574. The van der Waals surface area contributed by atoms with Crippen molar-refractivity contribution in [1.29, 1.82) is 0 Å². The molecule has 0 aliphatic heterocycles. The zero-order chi connectivity index (χ0) is 29.5. The first-order chi connectivity index (χ1) is 21.7. The van der Waals surface area contributed by atoms with Crippen molar-refractivity contribution in [2.75, 3.05) is 0 Å². The topological polar surface area (TPSA) is 43.6 Å². The lowest BCUT2D eigenvalue weighted by molar-refractivity contribution is 0.954. The van der Waals surface area contributed by atoms with Gasteiger partial charge in [-0.1, -0.05) is 137 Å². The van der Waals surface area contributed by atoms with Crippen LogP contribution in [0, 0.1) is 0 Å². The monoisotopic (exact) mass is 628 g/mol. The smallest absolute Gasteiger partial charge is 0.238 e. The van der Waals surface area contributed by atoms with Crippen LogP contribution in [0.4, 0.5) is 0 Å². The third kappa shape index (κ3) is 4.68. The summed E-state index contributed by atoms with van der Waals surface area (Å²) in [6, 6.07) is 52.3. The maximum Gasteiger partial charge on any atom is 0.238 e. The molecule has 0 aliphatic carbocycles. The Bertz CT molecular complexity index is 2210. The molecule has 2 heterocycles. The van der Waals surface area contributed by atoms with Gasteiger partial charge in [-0.2, -0.15) is 9.97 Å². The second-order valence-corrected chi connectivity index (χ2v) is 11.6. The molecule has 0 unspecified atom stereocenters. The van der Waals surface area contributed by atoms with Crippen molar-refractivity contribution in [3.8, 4) is 51.0 Å². The molecule has 208 valence electrons. The fraction of sp³-hybridized carbons (Fsp3) is 0. The van der Waals surface area contributed by atoms with Gasteiger partial charge < -0.3 is 0 Å². The van der Waals surface area contributed by atoms with Gasteiger partial charge in [0.05, 0.1) is 11.0 Å². The van der Waals surface area contributed by atoms with Crippen LogP contribution in [0.3, 0.4) is 0 Å². The zero-order valence-electron chi connectivity index (χ0n) is 23.6. The average Bonchev–Trinajstić information content (AvgIpc) is 3.42. The summed E-state index contributed by atoms with van der Waals surface area (Å²) in [7, 11) is 0. The molecule has 0 N–H and O–H groups in total. The van der Waals surface area contributed by atoms with Crippen LogP contribution in [0.5, 0.6) is 0 Å². The van der Waals surface area contributed by atoms with Gasteiger partial charge in [-0.3, -0.25) is 4.57 Å². The lowest BCUT2D eigenvalue weighted by atomic mass is 9.95. The number of rotatable bonds is 5. The molecule has 6 aromatic carbocycles. The van der Waals surface area contributed by atoms with Crippen molar-refractivity contribution in [3.05, 3.63) is 156 Å². The van der Waals surface area contributed by atoms with Gasteiger partial charge in [-0.25, -0.2) is 4.98 Å². The van der Waals surface area contributed by atoms with Gasteiger partial charge in [0.15, 0.2) is 11.6 Å². The van der Waals surface area contributed by atoms with Crippen LogP contribution in [-0.4, -0.2) is 19.5 Å². The predicted octanol–water partition coefficient (Wildman–Crippen LogP) is 10.4. The van der Waals surface area contributed by atoms with E-state index in [1.165, 1.54) is 5.56 Å². The molecule has 0 bridgehead atoms. The van der Waals surface area contributed by atoms with E-state index >= 15 is 0 Å². The van der Waals surface area contributed by atoms with Crippen LogP contribution in [0.1, 0.15) is 0 Å². The standard InChI is InChI=1S/C39H25BrN4/c40-31-21-22-35-33(25-31)34-24-30(26-13-5-1-6-14-26)23-32(27-15-7-2-8-16-27)36(34)44(35)39-42-37(28-17-9-3-10-18-28)41-38(43-39)29-19-11-4-12-20-29/h1-25H. The number of hydrogen-bond acceptors (Lipinski definition) is 3. The Kier molecular flexibility index (Phi) is 6.58. The molecule has 0 atom stereocenters. The number of nitrogens with zero attached hydrogens (tertiary/aromatic N) is 4. The molecule has 4 nitrogen and oxygen atoms in total. The minimum absolute atomic E-state index is 0.574. The maximum atomic E-state index is 5.14. The van der Waals surface area contributed by atoms with Gasteiger partial charge in [-0.05, 0) is 47.0 Å². The molecule has 8 aromatic rings. The Hall–Kier alpha value is -5.39. The first-order valence-electron chi connectivity index (χ1n) is 14.5. The van der Waals surface area contributed by atoms with Crippen LogP contribution in [0.2, 0.25) is 0 Å². The Morgan fingerprint density at radius 3 is 1.52 bits per heavy atom. The van der Waals surface area contributed by atoms with Crippen molar-refractivity contribution < 1.29 is 0 Å². The zero-order valence-corrected chi connectivity index (χ0v) is 25.2. The lowest BCUT2D eigenvalue weighted by Gasteiger charge is -2.14. The van der Waals surface area contributed by atoms with Gasteiger partial charge in [0, 0.05) is 31.9 Å². The SMILES string of the molecule is Brc1ccc2c(c1)c1cc(-c3ccccc3)cc(-c3ccccc3)c1n2-c1nc(-c2ccccc2)nc(-c2ccccc2)n1. The molecule has 0 saturated carbocycles. The van der Waals surface area contributed by atoms with Crippen LogP contribution in [0.25, 0.3) is 72.8 Å². The Morgan fingerprint density at radius 2 is 0.955 bits per heavy atom. The lowest BCUT2D eigenvalue weighted by Crippen LogP contribution is -2.07. The van der Waals surface area contributed by atoms with Crippen molar-refractivity contribution in [3.63, 3.8) is 0 Å². The van der Waals surface area contributed by atoms with E-state index in [1.54, 1.807) is 0 Å². The van der Waals surface area contributed by atoms with Crippen molar-refractivity contribution >= 4 is 37.7 Å². The summed E-state index contributed by atoms with van der Waals surface area (Å²) in [5.74, 6) is 1.83. The second kappa shape index (κ2) is 11.0. The van der Waals surface area contributed by atoms with Crippen molar-refractivity contribution in [2.24, 2.45) is 0 Å². The molecular weight excluding hydrogens is 604 g/mol. The number of aromatic nitrogens is 4. The molecule has 0 amide bonds. The quantitative estimate of drug-likeness (QED) is 0.190. The highest BCUT2D eigenvalue weighted by Crippen LogP contribution is 2.41. The van der Waals surface area contributed by atoms with Crippen LogP contribution < -0.4 is 0 Å². The average molecular weight is 630 g/mol. The summed E-state index contributed by atoms with van der Waals surface area (Å²) >= 11 is 3.74. The van der Waals surface area contributed by atoms with E-state index in [0.29, 0.717) is 17.6 Å². The van der Waals surface area contributed by atoms with E-state index in [2.05, 4.69) is 111 Å². The van der Waals surface area contributed by atoms with Crippen molar-refractivity contribution in [2.45, 2.75) is 0 Å². The first kappa shape index (κ1) is 26.3. The molecule has 2 aromatic heterocycles. The largest absolute Gasteiger partial charge is 0.277 e. The summed E-state index contributed by atoms with van der Waals surface area (Å²) in [6.45, 7) is 0. The Balaban J connectivity index is 1.51. The summed E-state index contributed by atoms with van der Waals surface area (Å²) in [5.41, 5.74) is 8.50. The molecule has 0 fully saturated rings. The highest BCUT2D eigenvalue weighted by molar-refractivity contribution is 9.10. The fourth-order valence-electron chi connectivity index (χ4n) is 5.86. The van der Waals surface area contributed by atoms with Crippen LogP contribution in [-0.2, 0) is 0 Å². The van der Waals surface area contributed by atoms with Crippen molar-refractivity contribution in [1.82, 2.24) is 19.5 Å². The minimum Gasteiger partial charge on any atom is -0.277 e. The number of halogens is 1. The third-order valence-electron chi connectivity index (χ3n) is 7.90. The predicted molar refractivity (Wildman–Crippen MR) is 184 cm³/mol. The summed E-state index contributed by atoms with van der Waals surface area (Å²) in [4.78, 5) is 15.2. The van der Waals surface area contributed by atoms with E-state index in [4.69, 9.17) is 15.0 Å². The Morgan fingerprint density at radius 1 is 0.432 bits per heavy atom. The summed E-state index contributed by atoms with van der Waals surface area (Å²) in [6.07, 6.45) is 0. The van der Waals surface area contributed by atoms with E-state index in [-0.39, 0.29) is 0 Å². The molecule has 5 heteroatoms. The fourth-order valence-corrected chi connectivity index (χ4v) is 6.22. The van der Waals surface area contributed by atoms with Crippen LogP contribution >= 0.6 is 15.9 Å². The molecule has 0 aliphatic rings. The molecule has 8 rings (SSSR count). The van der Waals surface area contributed by atoms with Gasteiger partial charge in [0.2, 0.25) is 5.95 Å². The van der Waals surface area contributed by atoms with E-state index in [1.807, 2.05) is 60.7 Å². The van der Waals surface area contributed by atoms with E-state index < -0.39 is 0 Å². The molecule has 0 radical (unpaired) electrons.